The summed E-state index contributed by atoms with van der Waals surface area (Å²) in [5, 5.41) is 18.6. The number of aromatic hydroxyl groups is 1. The van der Waals surface area contributed by atoms with Crippen LogP contribution in [-0.4, -0.2) is 37.2 Å². The first-order valence-electron chi connectivity index (χ1n) is 8.87. The Hall–Kier alpha value is -2.44. The minimum atomic E-state index is -0.698. The van der Waals surface area contributed by atoms with Crippen LogP contribution in [0.4, 0.5) is 4.39 Å². The maximum atomic E-state index is 14.1. The topological polar surface area (TPSA) is 71.2 Å². The van der Waals surface area contributed by atoms with E-state index in [2.05, 4.69) is 14.8 Å². The Morgan fingerprint density at radius 1 is 1.16 bits per heavy atom. The minimum absolute atomic E-state index is 0.217. The lowest BCUT2D eigenvalue weighted by Crippen LogP contribution is -2.32. The lowest BCUT2D eigenvalue weighted by atomic mass is 10.1. The van der Waals surface area contributed by atoms with Crippen molar-refractivity contribution in [2.75, 3.05) is 6.54 Å². The number of phenolic OH excluding ortho intramolecular Hbond substituents is 1. The Morgan fingerprint density at radius 3 is 2.88 bits per heavy atom. The van der Waals surface area contributed by atoms with Gasteiger partial charge in [-0.3, -0.25) is 4.79 Å². The molecule has 6 nitrogen and oxygen atoms in total. The summed E-state index contributed by atoms with van der Waals surface area (Å²) in [5.41, 5.74) is -0.259. The smallest absolute Gasteiger partial charge is 0.261 e. The number of phenols is 1. The fraction of sp³-hybridized carbons (Fsp3) is 0.500. The highest BCUT2D eigenvalue weighted by atomic mass is 19.1. The molecule has 0 spiro atoms. The van der Waals surface area contributed by atoms with E-state index in [0.29, 0.717) is 6.54 Å². The number of likely N-dealkylation sites (tertiary alicyclic amines) is 1. The van der Waals surface area contributed by atoms with E-state index in [1.165, 1.54) is 24.6 Å². The maximum absolute atomic E-state index is 14.1. The zero-order chi connectivity index (χ0) is 17.4. The molecule has 3 heterocycles. The van der Waals surface area contributed by atoms with Crippen LogP contribution >= 0.6 is 0 Å². The first-order valence-corrected chi connectivity index (χ1v) is 8.87. The van der Waals surface area contributed by atoms with E-state index in [1.54, 1.807) is 4.90 Å². The van der Waals surface area contributed by atoms with Gasteiger partial charge >= 0.3 is 0 Å². The Bertz CT molecular complexity index is 784. The number of fused-ring (bicyclic) bond motifs is 1. The molecule has 4 rings (SSSR count). The quantitative estimate of drug-likeness (QED) is 0.909. The zero-order valence-electron chi connectivity index (χ0n) is 14.0. The van der Waals surface area contributed by atoms with Gasteiger partial charge in [-0.2, -0.15) is 0 Å². The second-order valence-corrected chi connectivity index (χ2v) is 6.73. The molecule has 0 radical (unpaired) electrons. The van der Waals surface area contributed by atoms with Crippen molar-refractivity contribution in [1.29, 1.82) is 0 Å². The summed E-state index contributed by atoms with van der Waals surface area (Å²) >= 11 is 0. The molecule has 1 saturated heterocycles. The van der Waals surface area contributed by atoms with Crippen LogP contribution in [0.5, 0.6) is 5.75 Å². The summed E-state index contributed by atoms with van der Waals surface area (Å²) in [5.74, 6) is 0.259. The lowest BCUT2D eigenvalue weighted by molar-refractivity contribution is 0.0719. The first-order chi connectivity index (χ1) is 12.2. The molecule has 2 aliphatic rings. The number of hydrogen-bond donors (Lipinski definition) is 1. The van der Waals surface area contributed by atoms with Gasteiger partial charge in [0.25, 0.3) is 5.91 Å². The third-order valence-electron chi connectivity index (χ3n) is 5.16. The molecule has 1 amide bonds. The highest BCUT2D eigenvalue weighted by Crippen LogP contribution is 2.35. The van der Waals surface area contributed by atoms with E-state index >= 15 is 0 Å². The predicted octanol–water partition coefficient (Wildman–Crippen LogP) is 2.83. The van der Waals surface area contributed by atoms with Gasteiger partial charge < -0.3 is 14.6 Å². The number of carbonyl (C=O) groups excluding carboxylic acids is 1. The molecule has 2 aromatic rings. The van der Waals surface area contributed by atoms with Crippen molar-refractivity contribution >= 4 is 5.91 Å². The number of benzene rings is 1. The predicted molar refractivity (Wildman–Crippen MR) is 88.7 cm³/mol. The van der Waals surface area contributed by atoms with E-state index in [0.717, 1.165) is 50.3 Å². The van der Waals surface area contributed by atoms with Crippen molar-refractivity contribution in [3.8, 4) is 5.75 Å². The van der Waals surface area contributed by atoms with Crippen LogP contribution in [0.1, 0.15) is 60.2 Å². The SMILES string of the molecule is O=C(c1c(O)cccc1F)N1CCC[C@@H]1c1nnc2n1CCCCC2. The van der Waals surface area contributed by atoms with Crippen LogP contribution in [0.25, 0.3) is 0 Å². The van der Waals surface area contributed by atoms with Gasteiger partial charge in [0.2, 0.25) is 0 Å². The Kier molecular flexibility index (Phi) is 4.15. The normalized spacial score (nSPS) is 20.4. The highest BCUT2D eigenvalue weighted by molar-refractivity contribution is 5.97. The molecule has 1 N–H and O–H groups in total. The first kappa shape index (κ1) is 16.1. The number of halogens is 1. The molecule has 1 atom stereocenters. The van der Waals surface area contributed by atoms with Gasteiger partial charge in [0.05, 0.1) is 6.04 Å². The van der Waals surface area contributed by atoms with Gasteiger partial charge in [0, 0.05) is 19.5 Å². The van der Waals surface area contributed by atoms with E-state index in [9.17, 15) is 14.3 Å². The lowest BCUT2D eigenvalue weighted by Gasteiger charge is -2.25. The minimum Gasteiger partial charge on any atom is -0.507 e. The highest BCUT2D eigenvalue weighted by Gasteiger charge is 2.36. The largest absolute Gasteiger partial charge is 0.507 e. The number of aryl methyl sites for hydroxylation is 1. The molecule has 1 aromatic carbocycles. The van der Waals surface area contributed by atoms with Crippen LogP contribution in [0.2, 0.25) is 0 Å². The molecule has 1 aromatic heterocycles. The maximum Gasteiger partial charge on any atom is 0.261 e. The number of carbonyl (C=O) groups is 1. The molecule has 0 saturated carbocycles. The monoisotopic (exact) mass is 344 g/mol. The van der Waals surface area contributed by atoms with Crippen LogP contribution in [0, 0.1) is 5.82 Å². The fourth-order valence-corrected chi connectivity index (χ4v) is 3.90. The third kappa shape index (κ3) is 2.77. The van der Waals surface area contributed by atoms with Crippen LogP contribution in [-0.2, 0) is 13.0 Å². The van der Waals surface area contributed by atoms with Crippen LogP contribution < -0.4 is 0 Å². The van der Waals surface area contributed by atoms with Gasteiger partial charge in [-0.05, 0) is 37.8 Å². The fourth-order valence-electron chi connectivity index (χ4n) is 3.90. The van der Waals surface area contributed by atoms with Crippen molar-refractivity contribution in [2.45, 2.75) is 51.1 Å². The molecule has 0 bridgehead atoms. The van der Waals surface area contributed by atoms with Crippen LogP contribution in [0.3, 0.4) is 0 Å². The van der Waals surface area contributed by atoms with E-state index in [4.69, 9.17) is 0 Å². The standard InChI is InChI=1S/C18H21FN4O2/c19-12-6-4-8-14(24)16(12)18(25)22-11-5-7-13(22)17-21-20-15-9-2-1-3-10-23(15)17/h4,6,8,13,24H,1-3,5,7,9-11H2/t13-/m1/s1. The van der Waals surface area contributed by atoms with Gasteiger partial charge in [0.15, 0.2) is 5.82 Å². The Balaban J connectivity index is 1.68. The molecule has 25 heavy (non-hydrogen) atoms. The van der Waals surface area contributed by atoms with Gasteiger partial charge in [-0.15, -0.1) is 10.2 Å². The summed E-state index contributed by atoms with van der Waals surface area (Å²) in [7, 11) is 0. The van der Waals surface area contributed by atoms with Gasteiger partial charge in [-0.25, -0.2) is 4.39 Å². The molecule has 7 heteroatoms. The van der Waals surface area contributed by atoms with Gasteiger partial charge in [-0.1, -0.05) is 12.5 Å². The molecule has 0 unspecified atom stereocenters. The molecular formula is C18H21FN4O2. The summed E-state index contributed by atoms with van der Waals surface area (Å²) in [6.45, 7) is 1.39. The summed E-state index contributed by atoms with van der Waals surface area (Å²) in [4.78, 5) is 14.5. The molecule has 132 valence electrons. The zero-order valence-corrected chi connectivity index (χ0v) is 14.0. The van der Waals surface area contributed by atoms with E-state index in [1.807, 2.05) is 0 Å². The number of nitrogens with zero attached hydrogens (tertiary/aromatic N) is 4. The summed E-state index contributed by atoms with van der Waals surface area (Å²) in [6.07, 6.45) is 5.86. The van der Waals surface area contributed by atoms with E-state index < -0.39 is 11.7 Å². The van der Waals surface area contributed by atoms with Gasteiger partial charge in [0.1, 0.15) is 23.0 Å². The van der Waals surface area contributed by atoms with Crippen molar-refractivity contribution < 1.29 is 14.3 Å². The van der Waals surface area contributed by atoms with E-state index in [-0.39, 0.29) is 17.4 Å². The van der Waals surface area contributed by atoms with Crippen LogP contribution in [0.15, 0.2) is 18.2 Å². The van der Waals surface area contributed by atoms with Crippen molar-refractivity contribution in [3.63, 3.8) is 0 Å². The van der Waals surface area contributed by atoms with Crippen molar-refractivity contribution in [2.24, 2.45) is 0 Å². The Morgan fingerprint density at radius 2 is 2.04 bits per heavy atom. The molecular weight excluding hydrogens is 323 g/mol. The number of amides is 1. The van der Waals surface area contributed by atoms with Crippen molar-refractivity contribution in [3.05, 3.63) is 41.2 Å². The summed E-state index contributed by atoms with van der Waals surface area (Å²) in [6, 6.07) is 3.71. The average Bonchev–Trinajstić information content (AvgIpc) is 3.15. The third-order valence-corrected chi connectivity index (χ3v) is 5.16. The average molecular weight is 344 g/mol. The summed E-state index contributed by atoms with van der Waals surface area (Å²) < 4.78 is 16.2. The Labute approximate surface area is 145 Å². The van der Waals surface area contributed by atoms with Crippen molar-refractivity contribution in [1.82, 2.24) is 19.7 Å². The number of hydrogen-bond acceptors (Lipinski definition) is 4. The number of rotatable bonds is 2. The molecule has 1 fully saturated rings. The molecule has 0 aliphatic carbocycles. The number of aromatic nitrogens is 3. The second kappa shape index (κ2) is 6.46. The molecule has 2 aliphatic heterocycles. The second-order valence-electron chi connectivity index (χ2n) is 6.73.